The Labute approximate surface area is 146 Å². The van der Waals surface area contributed by atoms with Crippen molar-refractivity contribution < 1.29 is 9.53 Å². The van der Waals surface area contributed by atoms with E-state index in [1.54, 1.807) is 0 Å². The average Bonchev–Trinajstić information content (AvgIpc) is 3.34. The van der Waals surface area contributed by atoms with Crippen LogP contribution >= 0.6 is 22.7 Å². The molecule has 0 spiro atoms. The van der Waals surface area contributed by atoms with Gasteiger partial charge in [0, 0.05) is 19.0 Å². The maximum Gasteiger partial charge on any atom is 0.269 e. The Bertz CT molecular complexity index is 849. The highest BCUT2D eigenvalue weighted by atomic mass is 32.1. The van der Waals surface area contributed by atoms with Crippen LogP contribution in [-0.4, -0.2) is 32.3 Å². The van der Waals surface area contributed by atoms with Crippen molar-refractivity contribution in [3.8, 4) is 5.13 Å². The summed E-state index contributed by atoms with van der Waals surface area (Å²) < 4.78 is 7.47. The lowest BCUT2D eigenvalue weighted by Crippen LogP contribution is -2.11. The predicted octanol–water partition coefficient (Wildman–Crippen LogP) is 3.20. The van der Waals surface area contributed by atoms with Crippen molar-refractivity contribution in [3.05, 3.63) is 40.1 Å². The van der Waals surface area contributed by atoms with Crippen molar-refractivity contribution in [2.75, 3.05) is 11.9 Å². The largest absolute Gasteiger partial charge is 0.371 e. The molecule has 1 fully saturated rings. The number of ether oxygens (including phenoxy) is 1. The zero-order valence-corrected chi connectivity index (χ0v) is 14.6. The minimum Gasteiger partial charge on any atom is -0.371 e. The lowest BCUT2D eigenvalue weighted by atomic mass is 10.2. The number of nitrogens with zero attached hydrogens (tertiary/aromatic N) is 4. The number of carbonyl (C=O) groups is 1. The fraction of sp³-hybridized carbons (Fsp3) is 0.333. The van der Waals surface area contributed by atoms with E-state index in [9.17, 15) is 4.79 Å². The van der Waals surface area contributed by atoms with E-state index in [4.69, 9.17) is 4.74 Å². The van der Waals surface area contributed by atoms with Crippen LogP contribution in [0.5, 0.6) is 0 Å². The second kappa shape index (κ2) is 6.42. The van der Waals surface area contributed by atoms with Crippen molar-refractivity contribution in [3.63, 3.8) is 0 Å². The molecular weight excluding hydrogens is 346 g/mol. The minimum atomic E-state index is -0.210. The molecule has 1 unspecified atom stereocenters. The second-order valence-corrected chi connectivity index (χ2v) is 7.39. The normalized spacial score (nSPS) is 17.3. The molecular formula is C15H15N5O2S2. The first kappa shape index (κ1) is 15.4. The molecule has 1 atom stereocenters. The Morgan fingerprint density at radius 3 is 2.92 bits per heavy atom. The zero-order chi connectivity index (χ0) is 16.5. The highest BCUT2D eigenvalue weighted by Crippen LogP contribution is 2.32. The number of nitrogens with one attached hydrogen (secondary N) is 1. The molecule has 3 aromatic heterocycles. The zero-order valence-electron chi connectivity index (χ0n) is 12.9. The van der Waals surface area contributed by atoms with Crippen LogP contribution in [0.25, 0.3) is 5.13 Å². The fourth-order valence-electron chi connectivity index (χ4n) is 2.51. The molecule has 4 rings (SSSR count). The van der Waals surface area contributed by atoms with Crippen molar-refractivity contribution in [2.24, 2.45) is 0 Å². The highest BCUT2D eigenvalue weighted by Gasteiger charge is 2.23. The van der Waals surface area contributed by atoms with Gasteiger partial charge in [-0.25, -0.2) is 4.98 Å². The number of hydrogen-bond donors (Lipinski definition) is 1. The van der Waals surface area contributed by atoms with E-state index >= 15 is 0 Å². The summed E-state index contributed by atoms with van der Waals surface area (Å²) in [4.78, 5) is 17.5. The SMILES string of the molecule is Cc1nc(-n2cccc2)sc1C(=O)Nc1nnc(C2CCCO2)s1. The van der Waals surface area contributed by atoms with Gasteiger partial charge < -0.3 is 9.30 Å². The Hall–Kier alpha value is -2.10. The molecule has 0 bridgehead atoms. The third kappa shape index (κ3) is 2.97. The van der Waals surface area contributed by atoms with Crippen LogP contribution in [0.1, 0.15) is 39.3 Å². The smallest absolute Gasteiger partial charge is 0.269 e. The summed E-state index contributed by atoms with van der Waals surface area (Å²) in [6, 6.07) is 3.84. The quantitative estimate of drug-likeness (QED) is 0.772. The molecule has 0 aromatic carbocycles. The molecule has 0 radical (unpaired) electrons. The predicted molar refractivity (Wildman–Crippen MR) is 92.0 cm³/mol. The summed E-state index contributed by atoms with van der Waals surface area (Å²) in [5, 5.41) is 13.1. The summed E-state index contributed by atoms with van der Waals surface area (Å²) in [6.45, 7) is 2.59. The number of hydrogen-bond acceptors (Lipinski definition) is 7. The van der Waals surface area contributed by atoms with Crippen LogP contribution in [0.15, 0.2) is 24.5 Å². The Balaban J connectivity index is 1.50. The molecule has 9 heteroatoms. The summed E-state index contributed by atoms with van der Waals surface area (Å²) >= 11 is 2.71. The number of rotatable bonds is 4. The van der Waals surface area contributed by atoms with Crippen LogP contribution in [0.4, 0.5) is 5.13 Å². The molecule has 1 saturated heterocycles. The van der Waals surface area contributed by atoms with Gasteiger partial charge in [-0.2, -0.15) is 0 Å². The van der Waals surface area contributed by atoms with Gasteiger partial charge in [0.15, 0.2) is 5.13 Å². The number of amides is 1. The number of thiazole rings is 1. The van der Waals surface area contributed by atoms with E-state index in [1.165, 1.54) is 22.7 Å². The molecule has 124 valence electrons. The Morgan fingerprint density at radius 1 is 1.33 bits per heavy atom. The van der Waals surface area contributed by atoms with Crippen molar-refractivity contribution >= 4 is 33.7 Å². The summed E-state index contributed by atoms with van der Waals surface area (Å²) in [5.41, 5.74) is 0.699. The molecule has 1 aliphatic heterocycles. The van der Waals surface area contributed by atoms with Crippen molar-refractivity contribution in [1.82, 2.24) is 19.7 Å². The highest BCUT2D eigenvalue weighted by molar-refractivity contribution is 7.17. The van der Waals surface area contributed by atoms with E-state index in [1.807, 2.05) is 36.0 Å². The summed E-state index contributed by atoms with van der Waals surface area (Å²) in [6.07, 6.45) is 5.81. The third-order valence-corrected chi connectivity index (χ3v) is 5.78. The van der Waals surface area contributed by atoms with Gasteiger partial charge in [-0.1, -0.05) is 22.7 Å². The molecule has 0 saturated carbocycles. The van der Waals surface area contributed by atoms with Crippen LogP contribution in [0.2, 0.25) is 0 Å². The topological polar surface area (TPSA) is 81.9 Å². The van der Waals surface area contributed by atoms with Gasteiger partial charge in [0.05, 0.1) is 5.69 Å². The van der Waals surface area contributed by atoms with Gasteiger partial charge in [0.2, 0.25) is 5.13 Å². The van der Waals surface area contributed by atoms with Crippen LogP contribution < -0.4 is 5.32 Å². The fourth-order valence-corrected chi connectivity index (χ4v) is 4.26. The Kier molecular flexibility index (Phi) is 4.13. The summed E-state index contributed by atoms with van der Waals surface area (Å²) in [5.74, 6) is -0.210. The third-order valence-electron chi connectivity index (χ3n) is 3.68. The average molecular weight is 361 g/mol. The Morgan fingerprint density at radius 2 is 2.17 bits per heavy atom. The lowest BCUT2D eigenvalue weighted by Gasteiger charge is -2.02. The van der Waals surface area contributed by atoms with E-state index in [0.29, 0.717) is 15.7 Å². The number of carbonyl (C=O) groups excluding carboxylic acids is 1. The molecule has 1 N–H and O–H groups in total. The van der Waals surface area contributed by atoms with Gasteiger partial charge in [-0.05, 0) is 31.9 Å². The van der Waals surface area contributed by atoms with E-state index in [0.717, 1.165) is 29.6 Å². The van der Waals surface area contributed by atoms with Crippen molar-refractivity contribution in [1.29, 1.82) is 0 Å². The number of anilines is 1. The number of aromatic nitrogens is 4. The minimum absolute atomic E-state index is 0.0126. The van der Waals surface area contributed by atoms with E-state index < -0.39 is 0 Å². The molecule has 0 aliphatic carbocycles. The standard InChI is InChI=1S/C15H15N5O2S2/c1-9-11(23-15(16-9)20-6-2-3-7-20)12(21)17-14-19-18-13(24-14)10-5-4-8-22-10/h2-3,6-7,10H,4-5,8H2,1H3,(H,17,19,21). The first-order valence-corrected chi connectivity index (χ1v) is 9.21. The van der Waals surface area contributed by atoms with Crippen LogP contribution in [-0.2, 0) is 4.74 Å². The summed E-state index contributed by atoms with van der Waals surface area (Å²) in [7, 11) is 0. The molecule has 4 heterocycles. The van der Waals surface area contributed by atoms with Gasteiger partial charge in [-0.15, -0.1) is 10.2 Å². The molecule has 24 heavy (non-hydrogen) atoms. The monoisotopic (exact) mass is 361 g/mol. The van der Waals surface area contributed by atoms with Crippen LogP contribution in [0, 0.1) is 6.92 Å². The molecule has 3 aromatic rings. The van der Waals surface area contributed by atoms with E-state index in [2.05, 4.69) is 20.5 Å². The maximum atomic E-state index is 12.5. The van der Waals surface area contributed by atoms with Gasteiger partial charge in [0.1, 0.15) is 16.0 Å². The number of aryl methyl sites for hydroxylation is 1. The van der Waals surface area contributed by atoms with Crippen LogP contribution in [0.3, 0.4) is 0 Å². The first-order valence-electron chi connectivity index (χ1n) is 7.58. The maximum absolute atomic E-state index is 12.5. The lowest BCUT2D eigenvalue weighted by molar-refractivity contribution is 0.102. The van der Waals surface area contributed by atoms with Gasteiger partial charge >= 0.3 is 0 Å². The molecule has 7 nitrogen and oxygen atoms in total. The molecule has 1 amide bonds. The van der Waals surface area contributed by atoms with Crippen molar-refractivity contribution in [2.45, 2.75) is 25.9 Å². The molecule has 1 aliphatic rings. The second-order valence-electron chi connectivity index (χ2n) is 5.40. The van der Waals surface area contributed by atoms with E-state index in [-0.39, 0.29) is 12.0 Å². The van der Waals surface area contributed by atoms with Gasteiger partial charge in [-0.3, -0.25) is 10.1 Å². The van der Waals surface area contributed by atoms with Gasteiger partial charge in [0.25, 0.3) is 5.91 Å². The first-order chi connectivity index (χ1) is 11.7.